The van der Waals surface area contributed by atoms with Crippen LogP contribution in [0.1, 0.15) is 16.8 Å². The molecule has 1 aromatic heterocycles. The Morgan fingerprint density at radius 1 is 1.37 bits per heavy atom. The molecule has 2 rings (SSSR count). The lowest BCUT2D eigenvalue weighted by molar-refractivity contribution is -0.143. The molecule has 0 bridgehead atoms. The minimum absolute atomic E-state index is 0.197. The smallest absolute Gasteiger partial charge is 0.392 e. The van der Waals surface area contributed by atoms with Crippen molar-refractivity contribution >= 4 is 11.6 Å². The van der Waals surface area contributed by atoms with Crippen LogP contribution in [0.5, 0.6) is 0 Å². The number of benzene rings is 1. The van der Waals surface area contributed by atoms with Crippen LogP contribution in [0.15, 0.2) is 24.4 Å². The van der Waals surface area contributed by atoms with Crippen LogP contribution in [-0.4, -0.2) is 14.9 Å². The molecule has 1 N–H and O–H groups in total. The molecular formula is C12H10ClF3N2O. The molecule has 3 nitrogen and oxygen atoms in total. The lowest BCUT2D eigenvalue weighted by Crippen LogP contribution is -2.15. The largest absolute Gasteiger partial charge is 0.433 e. The zero-order valence-electron chi connectivity index (χ0n) is 9.87. The van der Waals surface area contributed by atoms with Crippen molar-refractivity contribution in [3.8, 4) is 5.69 Å². The zero-order chi connectivity index (χ0) is 14.2. The zero-order valence-corrected chi connectivity index (χ0v) is 10.6. The van der Waals surface area contributed by atoms with E-state index in [4.69, 9.17) is 16.7 Å². The first-order valence-electron chi connectivity index (χ1n) is 5.36. The Morgan fingerprint density at radius 2 is 2.05 bits per heavy atom. The summed E-state index contributed by atoms with van der Waals surface area (Å²) in [5.41, 5.74) is -0.310. The molecule has 19 heavy (non-hydrogen) atoms. The quantitative estimate of drug-likeness (QED) is 0.921. The Kier molecular flexibility index (Phi) is 3.56. The van der Waals surface area contributed by atoms with Crippen molar-refractivity contribution in [1.82, 2.24) is 9.78 Å². The number of aliphatic hydroxyl groups excluding tert-OH is 1. The van der Waals surface area contributed by atoms with Crippen molar-refractivity contribution in [2.24, 2.45) is 0 Å². The first-order chi connectivity index (χ1) is 8.84. The predicted molar refractivity (Wildman–Crippen MR) is 64.2 cm³/mol. The molecule has 0 saturated heterocycles. The second-order valence-electron chi connectivity index (χ2n) is 4.02. The highest BCUT2D eigenvalue weighted by atomic mass is 35.5. The van der Waals surface area contributed by atoms with Gasteiger partial charge in [0.05, 0.1) is 18.5 Å². The van der Waals surface area contributed by atoms with Crippen molar-refractivity contribution in [2.75, 3.05) is 0 Å². The molecule has 0 amide bonds. The number of aliphatic hydroxyl groups is 1. The molecule has 0 fully saturated rings. The summed E-state index contributed by atoms with van der Waals surface area (Å²) < 4.78 is 39.7. The average Bonchev–Trinajstić information content (AvgIpc) is 2.76. The molecule has 0 aliphatic rings. The minimum atomic E-state index is -4.61. The molecule has 0 unspecified atom stereocenters. The number of alkyl halides is 3. The van der Waals surface area contributed by atoms with Gasteiger partial charge in [0, 0.05) is 10.6 Å². The van der Waals surface area contributed by atoms with Gasteiger partial charge in [-0.05, 0) is 24.6 Å². The Hall–Kier alpha value is -1.53. The van der Waals surface area contributed by atoms with Crippen molar-refractivity contribution in [2.45, 2.75) is 19.7 Å². The number of aromatic nitrogens is 2. The number of hydrogen-bond donors (Lipinski definition) is 1. The maximum atomic E-state index is 13.0. The lowest BCUT2D eigenvalue weighted by atomic mass is 10.2. The van der Waals surface area contributed by atoms with Gasteiger partial charge in [-0.3, -0.25) is 0 Å². The van der Waals surface area contributed by atoms with E-state index in [0.717, 1.165) is 16.4 Å². The third-order valence-corrected chi connectivity index (χ3v) is 3.09. The van der Waals surface area contributed by atoms with E-state index < -0.39 is 18.5 Å². The molecule has 0 radical (unpaired) electrons. The molecule has 1 heterocycles. The summed E-state index contributed by atoms with van der Waals surface area (Å²) in [7, 11) is 0. The van der Waals surface area contributed by atoms with E-state index in [1.54, 1.807) is 13.0 Å². The normalized spacial score (nSPS) is 11.9. The molecule has 102 valence electrons. The van der Waals surface area contributed by atoms with E-state index in [9.17, 15) is 13.2 Å². The highest BCUT2D eigenvalue weighted by molar-refractivity contribution is 6.31. The van der Waals surface area contributed by atoms with Crippen LogP contribution in [-0.2, 0) is 12.8 Å². The number of aryl methyl sites for hydroxylation is 1. The van der Waals surface area contributed by atoms with Crippen molar-refractivity contribution in [1.29, 1.82) is 0 Å². The van der Waals surface area contributed by atoms with E-state index in [2.05, 4.69) is 5.10 Å². The van der Waals surface area contributed by atoms with Crippen LogP contribution in [0.25, 0.3) is 5.69 Å². The predicted octanol–water partition coefficient (Wildman–Crippen LogP) is 3.35. The van der Waals surface area contributed by atoms with Gasteiger partial charge in [0.2, 0.25) is 0 Å². The molecule has 2 aromatic rings. The standard InChI is InChI=1S/C12H10ClF3N2O/c1-7-2-3-9(4-10(7)13)18-11(12(14,15)16)8(6-19)5-17-18/h2-5,19H,6H2,1H3. The van der Waals surface area contributed by atoms with E-state index in [-0.39, 0.29) is 11.3 Å². The molecule has 7 heteroatoms. The molecule has 0 aliphatic heterocycles. The first-order valence-corrected chi connectivity index (χ1v) is 5.74. The summed E-state index contributed by atoms with van der Waals surface area (Å²) in [6, 6.07) is 4.50. The van der Waals surface area contributed by atoms with E-state index in [1.165, 1.54) is 12.1 Å². The summed E-state index contributed by atoms with van der Waals surface area (Å²) in [6.45, 7) is 1.02. The number of hydrogen-bond acceptors (Lipinski definition) is 2. The van der Waals surface area contributed by atoms with Gasteiger partial charge < -0.3 is 5.11 Å². The Morgan fingerprint density at radius 3 is 2.58 bits per heavy atom. The highest BCUT2D eigenvalue weighted by Gasteiger charge is 2.38. The average molecular weight is 291 g/mol. The second-order valence-corrected chi connectivity index (χ2v) is 4.43. The van der Waals surface area contributed by atoms with Crippen LogP contribution in [0.4, 0.5) is 13.2 Å². The molecule has 0 atom stereocenters. The van der Waals surface area contributed by atoms with Gasteiger partial charge in [-0.1, -0.05) is 17.7 Å². The Bertz CT molecular complexity index is 608. The topological polar surface area (TPSA) is 38.0 Å². The van der Waals surface area contributed by atoms with E-state index >= 15 is 0 Å². The van der Waals surface area contributed by atoms with Crippen LogP contribution in [0.2, 0.25) is 5.02 Å². The van der Waals surface area contributed by atoms with Gasteiger partial charge in [0.15, 0.2) is 5.69 Å². The minimum Gasteiger partial charge on any atom is -0.392 e. The molecule has 0 spiro atoms. The van der Waals surface area contributed by atoms with Gasteiger partial charge in [0.25, 0.3) is 0 Å². The summed E-state index contributed by atoms with van der Waals surface area (Å²) in [6.07, 6.45) is -3.61. The summed E-state index contributed by atoms with van der Waals surface area (Å²) in [5.74, 6) is 0. The number of halogens is 4. The maximum Gasteiger partial charge on any atom is 0.433 e. The van der Waals surface area contributed by atoms with Gasteiger partial charge in [-0.15, -0.1) is 0 Å². The maximum absolute atomic E-state index is 13.0. The lowest BCUT2D eigenvalue weighted by Gasteiger charge is -2.12. The first kappa shape index (κ1) is 13.9. The van der Waals surface area contributed by atoms with Crippen LogP contribution >= 0.6 is 11.6 Å². The fourth-order valence-electron chi connectivity index (χ4n) is 1.71. The highest BCUT2D eigenvalue weighted by Crippen LogP contribution is 2.34. The third-order valence-electron chi connectivity index (χ3n) is 2.68. The van der Waals surface area contributed by atoms with Crippen LogP contribution in [0.3, 0.4) is 0 Å². The number of rotatable bonds is 2. The Labute approximate surface area is 112 Å². The molecule has 1 aromatic carbocycles. The van der Waals surface area contributed by atoms with Crippen LogP contribution < -0.4 is 0 Å². The van der Waals surface area contributed by atoms with E-state index in [1.807, 2.05) is 0 Å². The Balaban J connectivity index is 2.62. The fourth-order valence-corrected chi connectivity index (χ4v) is 1.88. The summed E-state index contributed by atoms with van der Waals surface area (Å²) in [4.78, 5) is 0. The summed E-state index contributed by atoms with van der Waals surface area (Å²) in [5, 5.41) is 13.0. The molecule has 0 aliphatic carbocycles. The second kappa shape index (κ2) is 4.86. The summed E-state index contributed by atoms with van der Waals surface area (Å²) >= 11 is 5.90. The van der Waals surface area contributed by atoms with Crippen molar-refractivity contribution in [3.63, 3.8) is 0 Å². The van der Waals surface area contributed by atoms with Crippen LogP contribution in [0, 0.1) is 6.92 Å². The van der Waals surface area contributed by atoms with Crippen molar-refractivity contribution in [3.05, 3.63) is 46.2 Å². The van der Waals surface area contributed by atoms with E-state index in [0.29, 0.717) is 5.02 Å². The van der Waals surface area contributed by atoms with Gasteiger partial charge >= 0.3 is 6.18 Å². The fraction of sp³-hybridized carbons (Fsp3) is 0.250. The monoisotopic (exact) mass is 290 g/mol. The van der Waals surface area contributed by atoms with Crippen molar-refractivity contribution < 1.29 is 18.3 Å². The molecular weight excluding hydrogens is 281 g/mol. The SMILES string of the molecule is Cc1ccc(-n2ncc(CO)c2C(F)(F)F)cc1Cl. The number of nitrogens with zero attached hydrogens (tertiary/aromatic N) is 2. The van der Waals surface area contributed by atoms with Gasteiger partial charge in [-0.2, -0.15) is 18.3 Å². The molecule has 0 saturated carbocycles. The third kappa shape index (κ3) is 2.59. The van der Waals surface area contributed by atoms with Gasteiger partial charge in [0.1, 0.15) is 0 Å². The van der Waals surface area contributed by atoms with Gasteiger partial charge in [-0.25, -0.2) is 4.68 Å².